The number of fused-ring (bicyclic) bond motifs is 1. The van der Waals surface area contributed by atoms with Crippen molar-refractivity contribution in [2.24, 2.45) is 5.92 Å². The molecule has 2 aromatic rings. The van der Waals surface area contributed by atoms with Gasteiger partial charge in [0, 0.05) is 17.7 Å². The number of aromatic hydroxyl groups is 1. The van der Waals surface area contributed by atoms with Crippen LogP contribution in [-0.4, -0.2) is 36.8 Å². The fraction of sp³-hybridized carbons (Fsp3) is 0.391. The Morgan fingerprint density at radius 2 is 1.93 bits per heavy atom. The average molecular weight is 411 g/mol. The molecule has 1 aliphatic carbocycles. The molecule has 0 atom stereocenters. The summed E-state index contributed by atoms with van der Waals surface area (Å²) in [6, 6.07) is 8.71. The number of nitrogens with one attached hydrogen (secondary N) is 1. The largest absolute Gasteiger partial charge is 0.504 e. The van der Waals surface area contributed by atoms with Gasteiger partial charge >= 0.3 is 5.97 Å². The van der Waals surface area contributed by atoms with Gasteiger partial charge in [0.25, 0.3) is 5.91 Å². The van der Waals surface area contributed by atoms with Crippen LogP contribution in [0.5, 0.6) is 17.2 Å². The lowest BCUT2D eigenvalue weighted by Crippen LogP contribution is -2.23. The first-order valence-electron chi connectivity index (χ1n) is 10.3. The molecule has 7 nitrogen and oxygen atoms in total. The maximum atomic E-state index is 12.2. The van der Waals surface area contributed by atoms with E-state index >= 15 is 0 Å². The molecule has 30 heavy (non-hydrogen) atoms. The number of hydrogen-bond donors (Lipinski definition) is 2. The van der Waals surface area contributed by atoms with Gasteiger partial charge in [-0.2, -0.15) is 0 Å². The Morgan fingerprint density at radius 1 is 1.13 bits per heavy atom. The molecule has 7 heteroatoms. The molecule has 2 N–H and O–H groups in total. The summed E-state index contributed by atoms with van der Waals surface area (Å²) in [7, 11) is 0. The minimum absolute atomic E-state index is 0.0727. The molecule has 4 rings (SSSR count). The topological polar surface area (TPSA) is 94.1 Å². The molecular formula is C23H25NO6. The van der Waals surface area contributed by atoms with Gasteiger partial charge in [0.15, 0.2) is 18.1 Å². The SMILES string of the molecule is CCOc1c(O)ccc(-c2ccc3c(c2)CNC3=O)c1OCC(=O)OCC1CCC1. The number of carbonyl (C=O) groups is 2. The molecule has 158 valence electrons. The van der Waals surface area contributed by atoms with E-state index in [9.17, 15) is 14.7 Å². The van der Waals surface area contributed by atoms with Crippen molar-refractivity contribution in [3.63, 3.8) is 0 Å². The third kappa shape index (κ3) is 4.06. The maximum Gasteiger partial charge on any atom is 0.344 e. The fourth-order valence-corrected chi connectivity index (χ4v) is 3.65. The molecule has 0 unspecified atom stereocenters. The predicted octanol–water partition coefficient (Wildman–Crippen LogP) is 3.42. The summed E-state index contributed by atoms with van der Waals surface area (Å²) in [5.74, 6) is 0.278. The molecule has 0 spiro atoms. The van der Waals surface area contributed by atoms with E-state index in [1.807, 2.05) is 12.1 Å². The van der Waals surface area contributed by atoms with Crippen LogP contribution in [0.25, 0.3) is 11.1 Å². The van der Waals surface area contributed by atoms with Gasteiger partial charge in [-0.05, 0) is 61.1 Å². The quantitative estimate of drug-likeness (QED) is 0.647. The number of phenols is 1. The number of benzene rings is 2. The molecule has 0 saturated heterocycles. The highest BCUT2D eigenvalue weighted by atomic mass is 16.6. The maximum absolute atomic E-state index is 12.2. The molecule has 1 fully saturated rings. The van der Waals surface area contributed by atoms with Gasteiger partial charge in [-0.15, -0.1) is 0 Å². The minimum atomic E-state index is -0.456. The molecule has 2 aliphatic rings. The summed E-state index contributed by atoms with van der Waals surface area (Å²) >= 11 is 0. The van der Waals surface area contributed by atoms with Crippen LogP contribution in [-0.2, 0) is 16.1 Å². The molecule has 0 radical (unpaired) electrons. The second-order valence-electron chi connectivity index (χ2n) is 7.55. The van der Waals surface area contributed by atoms with E-state index in [1.54, 1.807) is 19.1 Å². The summed E-state index contributed by atoms with van der Waals surface area (Å²) in [4.78, 5) is 24.0. The number of amides is 1. The Balaban J connectivity index is 1.59. The molecule has 0 aromatic heterocycles. The fourth-order valence-electron chi connectivity index (χ4n) is 3.65. The Bertz CT molecular complexity index is 966. The van der Waals surface area contributed by atoms with Gasteiger partial charge in [0.05, 0.1) is 13.2 Å². The highest BCUT2D eigenvalue weighted by Gasteiger charge is 2.23. The van der Waals surface area contributed by atoms with Gasteiger partial charge in [0.2, 0.25) is 5.75 Å². The first kappa shape index (κ1) is 20.1. The van der Waals surface area contributed by atoms with Crippen LogP contribution in [0, 0.1) is 5.92 Å². The number of esters is 1. The van der Waals surface area contributed by atoms with E-state index < -0.39 is 5.97 Å². The van der Waals surface area contributed by atoms with Gasteiger partial charge in [-0.25, -0.2) is 4.79 Å². The highest BCUT2D eigenvalue weighted by Crippen LogP contribution is 2.44. The monoisotopic (exact) mass is 411 g/mol. The number of rotatable bonds is 8. The Kier molecular flexibility index (Phi) is 5.79. The van der Waals surface area contributed by atoms with Crippen LogP contribution >= 0.6 is 0 Å². The van der Waals surface area contributed by atoms with Crippen LogP contribution < -0.4 is 14.8 Å². The molecule has 1 amide bonds. The minimum Gasteiger partial charge on any atom is -0.504 e. The zero-order valence-corrected chi connectivity index (χ0v) is 16.9. The molecule has 1 saturated carbocycles. The predicted molar refractivity (Wildman–Crippen MR) is 110 cm³/mol. The van der Waals surface area contributed by atoms with Crippen LogP contribution in [0.2, 0.25) is 0 Å². The average Bonchev–Trinajstić information content (AvgIpc) is 3.07. The third-order valence-electron chi connectivity index (χ3n) is 5.52. The van der Waals surface area contributed by atoms with Gasteiger partial charge in [-0.1, -0.05) is 12.5 Å². The molecule has 2 aromatic carbocycles. The number of carbonyl (C=O) groups excluding carboxylic acids is 2. The summed E-state index contributed by atoms with van der Waals surface area (Å²) < 4.78 is 16.7. The zero-order valence-electron chi connectivity index (χ0n) is 16.9. The Hall–Kier alpha value is -3.22. The normalized spacial score (nSPS) is 15.2. The second-order valence-corrected chi connectivity index (χ2v) is 7.55. The van der Waals surface area contributed by atoms with E-state index in [1.165, 1.54) is 12.5 Å². The molecule has 1 heterocycles. The van der Waals surface area contributed by atoms with Crippen molar-refractivity contribution in [1.82, 2.24) is 5.32 Å². The van der Waals surface area contributed by atoms with Crippen molar-refractivity contribution in [1.29, 1.82) is 0 Å². The molecule has 1 aliphatic heterocycles. The summed E-state index contributed by atoms with van der Waals surface area (Å²) in [5, 5.41) is 13.1. The summed E-state index contributed by atoms with van der Waals surface area (Å²) in [6.07, 6.45) is 3.37. The Labute approximate surface area is 174 Å². The Morgan fingerprint density at radius 3 is 2.67 bits per heavy atom. The van der Waals surface area contributed by atoms with Crippen LogP contribution in [0.4, 0.5) is 0 Å². The van der Waals surface area contributed by atoms with Crippen molar-refractivity contribution in [3.8, 4) is 28.4 Å². The van der Waals surface area contributed by atoms with Crippen molar-refractivity contribution >= 4 is 11.9 Å². The second kappa shape index (κ2) is 8.65. The van der Waals surface area contributed by atoms with Crippen LogP contribution in [0.3, 0.4) is 0 Å². The summed E-state index contributed by atoms with van der Waals surface area (Å²) in [5.41, 5.74) is 2.98. The first-order chi connectivity index (χ1) is 14.6. The summed E-state index contributed by atoms with van der Waals surface area (Å²) in [6.45, 7) is 2.72. The van der Waals surface area contributed by atoms with E-state index in [-0.39, 0.29) is 29.8 Å². The number of phenolic OH excluding ortho intramolecular Hbond substituents is 1. The number of ether oxygens (including phenoxy) is 3. The van der Waals surface area contributed by atoms with Gasteiger partial charge < -0.3 is 24.6 Å². The van der Waals surface area contributed by atoms with Crippen molar-refractivity contribution < 1.29 is 28.9 Å². The van der Waals surface area contributed by atoms with Crippen LogP contribution in [0.15, 0.2) is 30.3 Å². The van der Waals surface area contributed by atoms with Crippen molar-refractivity contribution in [3.05, 3.63) is 41.5 Å². The standard InChI is InChI=1S/C23H25NO6/c1-2-28-22-19(25)9-8-17(15-6-7-18-16(10-15)11-24-23(18)27)21(22)30-13-20(26)29-12-14-4-3-5-14/h6-10,14,25H,2-5,11-13H2,1H3,(H,24,27). The van der Waals surface area contributed by atoms with E-state index in [4.69, 9.17) is 14.2 Å². The smallest absolute Gasteiger partial charge is 0.344 e. The lowest BCUT2D eigenvalue weighted by Gasteiger charge is -2.24. The van der Waals surface area contributed by atoms with Crippen LogP contribution in [0.1, 0.15) is 42.1 Å². The lowest BCUT2D eigenvalue weighted by atomic mass is 9.86. The van der Waals surface area contributed by atoms with Gasteiger partial charge in [0.1, 0.15) is 0 Å². The third-order valence-corrected chi connectivity index (χ3v) is 5.52. The van der Waals surface area contributed by atoms with E-state index in [0.717, 1.165) is 24.0 Å². The first-order valence-corrected chi connectivity index (χ1v) is 10.3. The zero-order chi connectivity index (χ0) is 21.1. The van der Waals surface area contributed by atoms with Gasteiger partial charge in [-0.3, -0.25) is 4.79 Å². The highest BCUT2D eigenvalue weighted by molar-refractivity contribution is 5.99. The molecular weight excluding hydrogens is 386 g/mol. The number of hydrogen-bond acceptors (Lipinski definition) is 6. The van der Waals surface area contributed by atoms with Crippen molar-refractivity contribution in [2.45, 2.75) is 32.7 Å². The van der Waals surface area contributed by atoms with Crippen molar-refractivity contribution in [2.75, 3.05) is 19.8 Å². The molecule has 0 bridgehead atoms. The van der Waals surface area contributed by atoms with E-state index in [0.29, 0.717) is 36.8 Å². The lowest BCUT2D eigenvalue weighted by molar-refractivity contribution is -0.148. The van der Waals surface area contributed by atoms with E-state index in [2.05, 4.69) is 5.32 Å².